The third kappa shape index (κ3) is 3.19. The highest BCUT2D eigenvalue weighted by Crippen LogP contribution is 2.75. The van der Waals surface area contributed by atoms with Gasteiger partial charge in [-0.1, -0.05) is 60.7 Å². The largest absolute Gasteiger partial charge is 0.480 e. The van der Waals surface area contributed by atoms with Gasteiger partial charge in [0.25, 0.3) is 0 Å². The quantitative estimate of drug-likeness (QED) is 0.494. The molecule has 3 aromatic carbocycles. The summed E-state index contributed by atoms with van der Waals surface area (Å²) in [7, 11) is 0. The number of nitrogens with one attached hydrogen (secondary N) is 1. The van der Waals surface area contributed by atoms with Gasteiger partial charge >= 0.3 is 12.1 Å². The molecule has 1 amide bonds. The predicted octanol–water partition coefficient (Wildman–Crippen LogP) is 5.55. The molecule has 2 N–H and O–H groups in total. The molecule has 5 nitrogen and oxygen atoms in total. The number of ether oxygens (including phenoxy) is 1. The smallest absolute Gasteiger partial charge is 0.407 e. The Bertz CT molecular complexity index is 1280. The van der Waals surface area contributed by atoms with Crippen molar-refractivity contribution in [3.63, 3.8) is 0 Å². The second-order valence-electron chi connectivity index (χ2n) is 10.3. The molecule has 35 heavy (non-hydrogen) atoms. The first-order valence-electron chi connectivity index (χ1n) is 11.9. The number of rotatable bonds is 6. The second kappa shape index (κ2) is 7.67. The molecule has 7 rings (SSSR count). The van der Waals surface area contributed by atoms with Crippen molar-refractivity contribution in [3.05, 3.63) is 94.8 Å². The molecule has 3 saturated carbocycles. The van der Waals surface area contributed by atoms with Crippen LogP contribution < -0.4 is 5.32 Å². The van der Waals surface area contributed by atoms with Gasteiger partial charge in [-0.15, -0.1) is 0 Å². The van der Waals surface area contributed by atoms with Gasteiger partial charge < -0.3 is 15.2 Å². The molecule has 1 atom stereocenters. The molecule has 0 heterocycles. The van der Waals surface area contributed by atoms with E-state index < -0.39 is 23.5 Å². The van der Waals surface area contributed by atoms with Crippen molar-refractivity contribution in [1.82, 2.24) is 5.32 Å². The molecule has 4 aliphatic carbocycles. The Balaban J connectivity index is 1.14. The van der Waals surface area contributed by atoms with Gasteiger partial charge in [-0.2, -0.15) is 0 Å². The summed E-state index contributed by atoms with van der Waals surface area (Å²) in [5.41, 5.74) is 5.13. The van der Waals surface area contributed by atoms with E-state index in [4.69, 9.17) is 4.74 Å². The van der Waals surface area contributed by atoms with Crippen LogP contribution in [0.4, 0.5) is 9.18 Å². The molecule has 0 spiro atoms. The molecule has 4 aliphatic rings. The van der Waals surface area contributed by atoms with E-state index in [1.165, 1.54) is 6.07 Å². The van der Waals surface area contributed by atoms with Gasteiger partial charge in [0.05, 0.1) is 0 Å². The van der Waals surface area contributed by atoms with Gasteiger partial charge in [-0.05, 0) is 65.6 Å². The first-order chi connectivity index (χ1) is 16.8. The van der Waals surface area contributed by atoms with Gasteiger partial charge in [0.2, 0.25) is 0 Å². The summed E-state index contributed by atoms with van der Waals surface area (Å²) in [6.45, 7) is 2.01. The molecule has 6 heteroatoms. The standard InChI is InChI=1S/C29H26FNO4/c1-17-7-6-12-23(30)24(17)28-14-29(15-28,16-28)25(26(32)33)31-27(34)35-13-22-20-10-4-2-8-18(20)19-9-3-5-11-21(19)22/h2-12,22,25H,13-16H2,1H3,(H,31,34)(H,32,33). The van der Waals surface area contributed by atoms with Crippen LogP contribution in [-0.2, 0) is 14.9 Å². The van der Waals surface area contributed by atoms with Crippen molar-refractivity contribution in [2.45, 2.75) is 43.6 Å². The molecule has 3 fully saturated rings. The summed E-state index contributed by atoms with van der Waals surface area (Å²) in [5, 5.41) is 12.5. The second-order valence-corrected chi connectivity index (χ2v) is 10.3. The van der Waals surface area contributed by atoms with E-state index in [1.54, 1.807) is 6.07 Å². The van der Waals surface area contributed by atoms with Crippen molar-refractivity contribution in [1.29, 1.82) is 0 Å². The number of amides is 1. The van der Waals surface area contributed by atoms with Crippen molar-refractivity contribution < 1.29 is 23.8 Å². The number of aliphatic carboxylic acids is 1. The van der Waals surface area contributed by atoms with Crippen molar-refractivity contribution >= 4 is 12.1 Å². The van der Waals surface area contributed by atoms with E-state index in [0.29, 0.717) is 24.8 Å². The van der Waals surface area contributed by atoms with Crippen molar-refractivity contribution in [3.8, 4) is 11.1 Å². The molecule has 0 saturated heterocycles. The minimum atomic E-state index is -1.09. The average molecular weight is 472 g/mol. The van der Waals surface area contributed by atoms with Crippen LogP contribution in [0.5, 0.6) is 0 Å². The number of carboxylic acid groups (broad SMARTS) is 1. The minimum Gasteiger partial charge on any atom is -0.480 e. The van der Waals surface area contributed by atoms with Crippen LogP contribution in [0.3, 0.4) is 0 Å². The summed E-state index contributed by atoms with van der Waals surface area (Å²) in [5.74, 6) is -1.43. The number of alkyl carbamates (subject to hydrolysis) is 1. The summed E-state index contributed by atoms with van der Waals surface area (Å²) < 4.78 is 20.1. The summed E-state index contributed by atoms with van der Waals surface area (Å²) in [6.07, 6.45) is 0.896. The Hall–Kier alpha value is -3.67. The molecule has 1 unspecified atom stereocenters. The zero-order chi connectivity index (χ0) is 24.4. The van der Waals surface area contributed by atoms with Crippen LogP contribution >= 0.6 is 0 Å². The van der Waals surface area contributed by atoms with E-state index in [9.17, 15) is 19.1 Å². The molecule has 0 aliphatic heterocycles. The lowest BCUT2D eigenvalue weighted by molar-refractivity contribution is -0.184. The number of carbonyl (C=O) groups is 2. The van der Waals surface area contributed by atoms with Gasteiger partial charge in [0.15, 0.2) is 0 Å². The van der Waals surface area contributed by atoms with Crippen molar-refractivity contribution in [2.75, 3.05) is 6.61 Å². The molecular weight excluding hydrogens is 445 g/mol. The van der Waals surface area contributed by atoms with Gasteiger partial charge in [0, 0.05) is 16.7 Å². The predicted molar refractivity (Wildman–Crippen MR) is 129 cm³/mol. The fourth-order valence-corrected chi connectivity index (χ4v) is 6.98. The summed E-state index contributed by atoms with van der Waals surface area (Å²) in [6, 6.07) is 20.1. The maximum Gasteiger partial charge on any atom is 0.407 e. The number of aryl methyl sites for hydroxylation is 1. The Morgan fingerprint density at radius 3 is 2.17 bits per heavy atom. The first kappa shape index (κ1) is 21.8. The minimum absolute atomic E-state index is 0.0984. The van der Waals surface area contributed by atoms with E-state index in [2.05, 4.69) is 17.4 Å². The fourth-order valence-electron chi connectivity index (χ4n) is 6.98. The average Bonchev–Trinajstić information content (AvgIpc) is 3.10. The van der Waals surface area contributed by atoms with Crippen LogP contribution in [0.25, 0.3) is 11.1 Å². The van der Waals surface area contributed by atoms with Crippen LogP contribution in [0.15, 0.2) is 66.7 Å². The molecule has 2 bridgehead atoms. The zero-order valence-corrected chi connectivity index (χ0v) is 19.4. The van der Waals surface area contributed by atoms with Gasteiger partial charge in [-0.25, -0.2) is 14.0 Å². The highest BCUT2D eigenvalue weighted by Gasteiger charge is 2.73. The number of halogens is 1. The van der Waals surface area contributed by atoms with E-state index in [-0.39, 0.29) is 23.8 Å². The highest BCUT2D eigenvalue weighted by atomic mass is 19.1. The van der Waals surface area contributed by atoms with Crippen molar-refractivity contribution in [2.24, 2.45) is 5.41 Å². The molecule has 178 valence electrons. The number of carbonyl (C=O) groups excluding carboxylic acids is 1. The Morgan fingerprint density at radius 2 is 1.60 bits per heavy atom. The van der Waals surface area contributed by atoms with E-state index in [0.717, 1.165) is 27.8 Å². The Kier molecular flexibility index (Phi) is 4.78. The monoisotopic (exact) mass is 471 g/mol. The topological polar surface area (TPSA) is 75.6 Å². The summed E-state index contributed by atoms with van der Waals surface area (Å²) in [4.78, 5) is 24.9. The lowest BCUT2D eigenvalue weighted by atomic mass is 9.31. The highest BCUT2D eigenvalue weighted by molar-refractivity contribution is 5.82. The molecule has 0 aromatic heterocycles. The van der Waals surface area contributed by atoms with Gasteiger partial charge in [-0.3, -0.25) is 0 Å². The third-order valence-corrected chi connectivity index (χ3v) is 8.29. The van der Waals surface area contributed by atoms with Crippen LogP contribution in [0, 0.1) is 18.2 Å². The van der Waals surface area contributed by atoms with E-state index >= 15 is 0 Å². The van der Waals surface area contributed by atoms with E-state index in [1.807, 2.05) is 49.4 Å². The van der Waals surface area contributed by atoms with Crippen LogP contribution in [0.1, 0.15) is 47.4 Å². The number of carboxylic acids is 1. The lowest BCUT2D eigenvalue weighted by Crippen LogP contribution is -2.73. The normalized spacial score (nSPS) is 24.4. The number of benzene rings is 3. The Morgan fingerprint density at radius 1 is 1.00 bits per heavy atom. The maximum absolute atomic E-state index is 14.5. The number of hydrogen-bond donors (Lipinski definition) is 2. The number of hydrogen-bond acceptors (Lipinski definition) is 3. The Labute approximate surface area is 202 Å². The fraction of sp³-hybridized carbons (Fsp3) is 0.310. The summed E-state index contributed by atoms with van der Waals surface area (Å²) >= 11 is 0. The first-order valence-corrected chi connectivity index (χ1v) is 11.9. The van der Waals surface area contributed by atoms with Crippen LogP contribution in [0.2, 0.25) is 0 Å². The maximum atomic E-state index is 14.5. The zero-order valence-electron chi connectivity index (χ0n) is 19.4. The SMILES string of the molecule is Cc1cccc(F)c1C12CC(C(NC(=O)OCC3c4ccccc4-c4ccccc43)C(=O)O)(C1)C2. The molecule has 3 aromatic rings. The third-order valence-electron chi connectivity index (χ3n) is 8.29. The van der Waals surface area contributed by atoms with Gasteiger partial charge in [0.1, 0.15) is 18.5 Å². The molecular formula is C29H26FNO4. The lowest BCUT2D eigenvalue weighted by Gasteiger charge is -2.72. The molecule has 0 radical (unpaired) electrons. The van der Waals surface area contributed by atoms with Crippen LogP contribution in [-0.4, -0.2) is 29.8 Å². The number of fused-ring (bicyclic) bond motifs is 3.